The van der Waals surface area contributed by atoms with Crippen molar-refractivity contribution in [2.75, 3.05) is 25.0 Å². The molecule has 20 heavy (non-hydrogen) atoms. The van der Waals surface area contributed by atoms with Crippen LogP contribution in [0.4, 0.5) is 5.69 Å². The Morgan fingerprint density at radius 3 is 2.65 bits per heavy atom. The van der Waals surface area contributed by atoms with Gasteiger partial charge in [0.2, 0.25) is 0 Å². The zero-order valence-corrected chi connectivity index (χ0v) is 13.2. The number of likely N-dealkylation sites (tertiary alicyclic amines) is 1. The Balaban J connectivity index is 1.62. The normalized spacial score (nSPS) is 20.8. The second kappa shape index (κ2) is 5.40. The Morgan fingerprint density at radius 2 is 1.95 bits per heavy atom. The first-order valence-corrected chi connectivity index (χ1v) is 8.11. The summed E-state index contributed by atoms with van der Waals surface area (Å²) in [6, 6.07) is 6.79. The van der Waals surface area contributed by atoms with Crippen molar-refractivity contribution in [3.05, 3.63) is 29.3 Å². The van der Waals surface area contributed by atoms with E-state index in [4.69, 9.17) is 0 Å². The summed E-state index contributed by atoms with van der Waals surface area (Å²) in [6.45, 7) is 11.9. The largest absolute Gasteiger partial charge is 0.384 e. The fraction of sp³-hybridized carbons (Fsp3) is 0.667. The van der Waals surface area contributed by atoms with Gasteiger partial charge in [-0.25, -0.2) is 0 Å². The van der Waals surface area contributed by atoms with Gasteiger partial charge >= 0.3 is 0 Å². The molecule has 3 rings (SSSR count). The molecule has 0 radical (unpaired) electrons. The van der Waals surface area contributed by atoms with Gasteiger partial charge in [-0.15, -0.1) is 0 Å². The minimum absolute atomic E-state index is 0.474. The van der Waals surface area contributed by atoms with Gasteiger partial charge in [0.15, 0.2) is 0 Å². The molecular weight excluding hydrogens is 244 g/mol. The number of para-hydroxylation sites is 1. The summed E-state index contributed by atoms with van der Waals surface area (Å²) >= 11 is 0. The highest BCUT2D eigenvalue weighted by Crippen LogP contribution is 2.35. The summed E-state index contributed by atoms with van der Waals surface area (Å²) in [4.78, 5) is 2.64. The van der Waals surface area contributed by atoms with Crippen molar-refractivity contribution in [3.8, 4) is 0 Å². The van der Waals surface area contributed by atoms with Crippen LogP contribution in [0.3, 0.4) is 0 Å². The van der Waals surface area contributed by atoms with E-state index in [1.165, 1.54) is 49.2 Å². The molecule has 0 aromatic heterocycles. The van der Waals surface area contributed by atoms with Gasteiger partial charge in [-0.3, -0.25) is 4.90 Å². The predicted molar refractivity (Wildman–Crippen MR) is 86.1 cm³/mol. The topological polar surface area (TPSA) is 15.3 Å². The lowest BCUT2D eigenvalue weighted by Crippen LogP contribution is -2.37. The van der Waals surface area contributed by atoms with Crippen LogP contribution in [-0.2, 0) is 13.0 Å². The van der Waals surface area contributed by atoms with E-state index < -0.39 is 0 Å². The molecule has 1 fully saturated rings. The third-order valence-electron chi connectivity index (χ3n) is 5.14. The standard InChI is InChI=1S/C18H28N2/c1-18(2,3)16-8-11-20(12-9-16)13-15-6-4-5-14-7-10-19-17(14)15/h4-6,16,19H,7-13H2,1-3H3. The molecule has 0 spiro atoms. The molecule has 1 N–H and O–H groups in total. The van der Waals surface area contributed by atoms with Crippen molar-refractivity contribution in [1.29, 1.82) is 0 Å². The van der Waals surface area contributed by atoms with E-state index in [1.54, 1.807) is 0 Å². The molecule has 2 aliphatic heterocycles. The second-order valence-electron chi connectivity index (χ2n) is 7.54. The first-order valence-electron chi connectivity index (χ1n) is 8.11. The van der Waals surface area contributed by atoms with Gasteiger partial charge in [0.25, 0.3) is 0 Å². The molecule has 2 heteroatoms. The average molecular weight is 272 g/mol. The molecule has 0 bridgehead atoms. The van der Waals surface area contributed by atoms with Crippen molar-refractivity contribution >= 4 is 5.69 Å². The maximum Gasteiger partial charge on any atom is 0.0419 e. The first-order chi connectivity index (χ1) is 9.54. The van der Waals surface area contributed by atoms with Crippen LogP contribution in [0.1, 0.15) is 44.7 Å². The zero-order chi connectivity index (χ0) is 14.2. The number of rotatable bonds is 2. The summed E-state index contributed by atoms with van der Waals surface area (Å²) in [7, 11) is 0. The highest BCUT2D eigenvalue weighted by molar-refractivity contribution is 5.61. The van der Waals surface area contributed by atoms with Crippen LogP contribution in [0, 0.1) is 11.3 Å². The van der Waals surface area contributed by atoms with Crippen molar-refractivity contribution in [2.45, 2.75) is 46.6 Å². The third-order valence-corrected chi connectivity index (χ3v) is 5.14. The summed E-state index contributed by atoms with van der Waals surface area (Å²) in [6.07, 6.45) is 3.90. The van der Waals surface area contributed by atoms with Gasteiger partial charge in [-0.2, -0.15) is 0 Å². The van der Waals surface area contributed by atoms with Gasteiger partial charge in [-0.1, -0.05) is 39.0 Å². The molecule has 1 aromatic rings. The van der Waals surface area contributed by atoms with Crippen LogP contribution in [-0.4, -0.2) is 24.5 Å². The third kappa shape index (κ3) is 2.85. The quantitative estimate of drug-likeness (QED) is 0.878. The smallest absolute Gasteiger partial charge is 0.0419 e. The maximum atomic E-state index is 3.56. The van der Waals surface area contributed by atoms with Gasteiger partial charge in [0.1, 0.15) is 0 Å². The predicted octanol–water partition coefficient (Wildman–Crippen LogP) is 3.91. The van der Waals surface area contributed by atoms with Gasteiger partial charge in [-0.05, 0) is 54.8 Å². The summed E-state index contributed by atoms with van der Waals surface area (Å²) in [5.74, 6) is 0.887. The Labute approximate surface area is 123 Å². The maximum absolute atomic E-state index is 3.56. The average Bonchev–Trinajstić information content (AvgIpc) is 2.88. The zero-order valence-electron chi connectivity index (χ0n) is 13.2. The van der Waals surface area contributed by atoms with Crippen LogP contribution in [0.5, 0.6) is 0 Å². The monoisotopic (exact) mass is 272 g/mol. The van der Waals surface area contributed by atoms with Crippen LogP contribution < -0.4 is 5.32 Å². The lowest BCUT2D eigenvalue weighted by molar-refractivity contribution is 0.108. The number of nitrogens with zero attached hydrogens (tertiary/aromatic N) is 1. The van der Waals surface area contributed by atoms with E-state index in [0.717, 1.165) is 19.0 Å². The molecule has 1 saturated heterocycles. The Morgan fingerprint density at radius 1 is 1.20 bits per heavy atom. The molecule has 110 valence electrons. The minimum Gasteiger partial charge on any atom is -0.384 e. The Bertz CT molecular complexity index is 465. The van der Waals surface area contributed by atoms with Crippen LogP contribution >= 0.6 is 0 Å². The lowest BCUT2D eigenvalue weighted by atomic mass is 9.75. The first kappa shape index (κ1) is 13.9. The SMILES string of the molecule is CC(C)(C)C1CCN(Cc2cccc3c2NCC3)CC1. The molecule has 1 aromatic carbocycles. The number of anilines is 1. The van der Waals surface area contributed by atoms with E-state index >= 15 is 0 Å². The van der Waals surface area contributed by atoms with Crippen LogP contribution in [0.15, 0.2) is 18.2 Å². The van der Waals surface area contributed by atoms with Gasteiger partial charge in [0.05, 0.1) is 0 Å². The highest BCUT2D eigenvalue weighted by atomic mass is 15.1. The number of fused-ring (bicyclic) bond motifs is 1. The molecular formula is C18H28N2. The molecule has 0 amide bonds. The van der Waals surface area contributed by atoms with Crippen LogP contribution in [0.2, 0.25) is 0 Å². The van der Waals surface area contributed by atoms with E-state index in [0.29, 0.717) is 5.41 Å². The Hall–Kier alpha value is -1.02. The number of benzene rings is 1. The van der Waals surface area contributed by atoms with Crippen molar-refractivity contribution in [2.24, 2.45) is 11.3 Å². The fourth-order valence-corrected chi connectivity index (χ4v) is 3.74. The number of hydrogen-bond donors (Lipinski definition) is 1. The molecule has 0 atom stereocenters. The van der Waals surface area contributed by atoms with Crippen molar-refractivity contribution in [3.63, 3.8) is 0 Å². The molecule has 2 nitrogen and oxygen atoms in total. The highest BCUT2D eigenvalue weighted by Gasteiger charge is 2.29. The van der Waals surface area contributed by atoms with Crippen molar-refractivity contribution in [1.82, 2.24) is 4.90 Å². The number of nitrogens with one attached hydrogen (secondary N) is 1. The molecule has 0 unspecified atom stereocenters. The Kier molecular flexibility index (Phi) is 3.76. The van der Waals surface area contributed by atoms with E-state index in [-0.39, 0.29) is 0 Å². The number of hydrogen-bond acceptors (Lipinski definition) is 2. The van der Waals surface area contributed by atoms with Crippen LogP contribution in [0.25, 0.3) is 0 Å². The molecule has 0 aliphatic carbocycles. The number of piperidine rings is 1. The minimum atomic E-state index is 0.474. The van der Waals surface area contributed by atoms with Gasteiger partial charge < -0.3 is 5.32 Å². The van der Waals surface area contributed by atoms with Crippen molar-refractivity contribution < 1.29 is 0 Å². The van der Waals surface area contributed by atoms with E-state index in [2.05, 4.69) is 49.2 Å². The second-order valence-corrected chi connectivity index (χ2v) is 7.54. The fourth-order valence-electron chi connectivity index (χ4n) is 3.74. The molecule has 0 saturated carbocycles. The van der Waals surface area contributed by atoms with E-state index in [9.17, 15) is 0 Å². The lowest BCUT2D eigenvalue weighted by Gasteiger charge is -2.39. The van der Waals surface area contributed by atoms with Gasteiger partial charge in [0, 0.05) is 18.8 Å². The molecule has 2 aliphatic rings. The summed E-state index contributed by atoms with van der Waals surface area (Å²) in [5, 5.41) is 3.56. The van der Waals surface area contributed by atoms with E-state index in [1.807, 2.05) is 0 Å². The molecule has 2 heterocycles. The summed E-state index contributed by atoms with van der Waals surface area (Å²) < 4.78 is 0. The summed E-state index contributed by atoms with van der Waals surface area (Å²) in [5.41, 5.74) is 4.90.